The fourth-order valence-electron chi connectivity index (χ4n) is 0.562. The molecule has 0 bridgehead atoms. The average molecular weight is 136 g/mol. The molecule has 0 spiro atoms. The zero-order valence-corrected chi connectivity index (χ0v) is 6.93. The highest BCUT2D eigenvalue weighted by molar-refractivity contribution is 5.02. The highest BCUT2D eigenvalue weighted by Gasteiger charge is 1.85. The van der Waals surface area contributed by atoms with Crippen molar-refractivity contribution < 1.29 is 0 Å². The smallest absolute Gasteiger partial charge is 0.00845 e. The molecular formula is C10H16. The van der Waals surface area contributed by atoms with Gasteiger partial charge in [-0.25, -0.2) is 0 Å². The zero-order chi connectivity index (χ0) is 7.98. The van der Waals surface area contributed by atoms with Crippen LogP contribution in [0.25, 0.3) is 0 Å². The second kappa shape index (κ2) is 5.04. The highest BCUT2D eigenvalue weighted by Crippen LogP contribution is 2.01. The van der Waals surface area contributed by atoms with Crippen LogP contribution >= 0.6 is 0 Å². The number of hydrogen-bond acceptors (Lipinski definition) is 0. The predicted octanol–water partition coefficient (Wildman–Crippen LogP) is 3.33. The molecule has 0 N–H and O–H groups in total. The minimum atomic E-state index is 0.486. The van der Waals surface area contributed by atoms with Gasteiger partial charge in [0, 0.05) is 0 Å². The van der Waals surface area contributed by atoms with Crippen molar-refractivity contribution in [2.45, 2.75) is 20.3 Å². The second-order valence-corrected chi connectivity index (χ2v) is 2.68. The van der Waals surface area contributed by atoms with E-state index in [2.05, 4.69) is 32.2 Å². The van der Waals surface area contributed by atoms with Crippen molar-refractivity contribution in [2.75, 3.05) is 0 Å². The molecule has 0 saturated carbocycles. The van der Waals surface area contributed by atoms with Crippen molar-refractivity contribution in [1.29, 1.82) is 0 Å². The van der Waals surface area contributed by atoms with Gasteiger partial charge in [-0.1, -0.05) is 37.3 Å². The standard InChI is InChI=1S/C10H16/c1-5-10(4)8-6-7-9(2)3/h5-6,8,10H,1-2,7H2,3-4H3. The third-order valence-electron chi connectivity index (χ3n) is 1.28. The van der Waals surface area contributed by atoms with Gasteiger partial charge in [0.05, 0.1) is 0 Å². The molecule has 56 valence electrons. The minimum absolute atomic E-state index is 0.486. The average Bonchev–Trinajstić information content (AvgIpc) is 1.87. The Hall–Kier alpha value is -0.780. The van der Waals surface area contributed by atoms with Crippen molar-refractivity contribution in [3.8, 4) is 0 Å². The van der Waals surface area contributed by atoms with E-state index in [0.29, 0.717) is 5.92 Å². The van der Waals surface area contributed by atoms with Gasteiger partial charge in [-0.3, -0.25) is 0 Å². The van der Waals surface area contributed by atoms with Gasteiger partial charge in [-0.05, 0) is 19.3 Å². The Bertz CT molecular complexity index is 140. The van der Waals surface area contributed by atoms with Crippen molar-refractivity contribution in [3.63, 3.8) is 0 Å². The fourth-order valence-corrected chi connectivity index (χ4v) is 0.562. The highest BCUT2D eigenvalue weighted by atomic mass is 13.9. The van der Waals surface area contributed by atoms with Crippen molar-refractivity contribution >= 4 is 0 Å². The molecule has 10 heavy (non-hydrogen) atoms. The van der Waals surface area contributed by atoms with Gasteiger partial charge >= 0.3 is 0 Å². The van der Waals surface area contributed by atoms with Crippen LogP contribution in [0, 0.1) is 5.92 Å². The summed E-state index contributed by atoms with van der Waals surface area (Å²) >= 11 is 0. The number of rotatable bonds is 4. The maximum atomic E-state index is 3.80. The summed E-state index contributed by atoms with van der Waals surface area (Å²) < 4.78 is 0. The third-order valence-corrected chi connectivity index (χ3v) is 1.28. The molecule has 0 amide bonds. The van der Waals surface area contributed by atoms with Crippen LogP contribution in [0.2, 0.25) is 0 Å². The maximum absolute atomic E-state index is 3.80. The van der Waals surface area contributed by atoms with E-state index in [1.807, 2.05) is 13.0 Å². The van der Waals surface area contributed by atoms with E-state index in [-0.39, 0.29) is 0 Å². The van der Waals surface area contributed by atoms with E-state index in [0.717, 1.165) is 6.42 Å². The summed E-state index contributed by atoms with van der Waals surface area (Å²) in [7, 11) is 0. The first-order valence-corrected chi connectivity index (χ1v) is 3.60. The molecule has 0 saturated heterocycles. The first-order valence-electron chi connectivity index (χ1n) is 3.60. The summed E-state index contributed by atoms with van der Waals surface area (Å²) in [6.45, 7) is 11.6. The van der Waals surface area contributed by atoms with Gasteiger partial charge in [-0.15, -0.1) is 6.58 Å². The normalized spacial score (nSPS) is 13.4. The number of allylic oxidation sites excluding steroid dienone is 4. The molecule has 0 heterocycles. The van der Waals surface area contributed by atoms with E-state index in [1.165, 1.54) is 5.57 Å². The topological polar surface area (TPSA) is 0 Å². The molecule has 1 unspecified atom stereocenters. The van der Waals surface area contributed by atoms with Crippen molar-refractivity contribution in [1.82, 2.24) is 0 Å². The molecule has 0 heteroatoms. The van der Waals surface area contributed by atoms with Crippen LogP contribution in [0.15, 0.2) is 37.0 Å². The van der Waals surface area contributed by atoms with Crippen LogP contribution in [-0.4, -0.2) is 0 Å². The summed E-state index contributed by atoms with van der Waals surface area (Å²) in [6.07, 6.45) is 7.18. The molecule has 0 aliphatic heterocycles. The van der Waals surface area contributed by atoms with Crippen LogP contribution in [0.3, 0.4) is 0 Å². The second-order valence-electron chi connectivity index (χ2n) is 2.68. The van der Waals surface area contributed by atoms with E-state index in [4.69, 9.17) is 0 Å². The van der Waals surface area contributed by atoms with E-state index >= 15 is 0 Å². The maximum Gasteiger partial charge on any atom is -0.00845 e. The Morgan fingerprint density at radius 1 is 1.60 bits per heavy atom. The van der Waals surface area contributed by atoms with E-state index in [9.17, 15) is 0 Å². The summed E-state index contributed by atoms with van der Waals surface area (Å²) in [4.78, 5) is 0. The lowest BCUT2D eigenvalue weighted by atomic mass is 10.1. The molecule has 0 radical (unpaired) electrons. The SMILES string of the molecule is C=CC(C)C=CCC(=C)C. The van der Waals surface area contributed by atoms with Crippen LogP contribution < -0.4 is 0 Å². The van der Waals surface area contributed by atoms with Crippen molar-refractivity contribution in [3.05, 3.63) is 37.0 Å². The summed E-state index contributed by atoms with van der Waals surface area (Å²) in [6, 6.07) is 0. The molecule has 0 aromatic carbocycles. The lowest BCUT2D eigenvalue weighted by Gasteiger charge is -1.94. The Labute approximate surface area is 64.0 Å². The van der Waals surface area contributed by atoms with Gasteiger partial charge in [0.25, 0.3) is 0 Å². The summed E-state index contributed by atoms with van der Waals surface area (Å²) in [5.74, 6) is 0.486. The van der Waals surface area contributed by atoms with Crippen LogP contribution in [0.1, 0.15) is 20.3 Å². The van der Waals surface area contributed by atoms with Crippen LogP contribution in [-0.2, 0) is 0 Å². The van der Waals surface area contributed by atoms with Gasteiger partial charge in [0.15, 0.2) is 0 Å². The molecule has 0 aliphatic carbocycles. The van der Waals surface area contributed by atoms with E-state index < -0.39 is 0 Å². The zero-order valence-electron chi connectivity index (χ0n) is 6.93. The Morgan fingerprint density at radius 3 is 2.60 bits per heavy atom. The Balaban J connectivity index is 3.55. The number of hydrogen-bond donors (Lipinski definition) is 0. The summed E-state index contributed by atoms with van der Waals surface area (Å²) in [5, 5.41) is 0. The van der Waals surface area contributed by atoms with Gasteiger partial charge in [0.2, 0.25) is 0 Å². The van der Waals surface area contributed by atoms with Crippen LogP contribution in [0.5, 0.6) is 0 Å². The quantitative estimate of drug-likeness (QED) is 0.520. The minimum Gasteiger partial charge on any atom is -0.102 e. The molecule has 1 atom stereocenters. The molecule has 0 aliphatic rings. The first kappa shape index (κ1) is 9.22. The molecule has 0 nitrogen and oxygen atoms in total. The lowest BCUT2D eigenvalue weighted by molar-refractivity contribution is 0.935. The lowest BCUT2D eigenvalue weighted by Crippen LogP contribution is -1.79. The van der Waals surface area contributed by atoms with Gasteiger partial charge < -0.3 is 0 Å². The largest absolute Gasteiger partial charge is 0.102 e. The van der Waals surface area contributed by atoms with E-state index in [1.54, 1.807) is 0 Å². The molecule has 0 aromatic heterocycles. The monoisotopic (exact) mass is 136 g/mol. The Morgan fingerprint density at radius 2 is 2.20 bits per heavy atom. The van der Waals surface area contributed by atoms with Gasteiger partial charge in [-0.2, -0.15) is 0 Å². The molecule has 0 aromatic rings. The third kappa shape index (κ3) is 5.36. The molecule has 0 rings (SSSR count). The summed E-state index contributed by atoms with van der Waals surface area (Å²) in [5.41, 5.74) is 1.20. The molecule has 0 fully saturated rings. The first-order chi connectivity index (χ1) is 4.66. The van der Waals surface area contributed by atoms with Crippen molar-refractivity contribution in [2.24, 2.45) is 5.92 Å². The molecular weight excluding hydrogens is 120 g/mol. The predicted molar refractivity (Wildman–Crippen MR) is 47.9 cm³/mol. The van der Waals surface area contributed by atoms with Crippen LogP contribution in [0.4, 0.5) is 0 Å². The van der Waals surface area contributed by atoms with Gasteiger partial charge in [0.1, 0.15) is 0 Å². The fraction of sp³-hybridized carbons (Fsp3) is 0.400. The Kier molecular flexibility index (Phi) is 4.65.